The van der Waals surface area contributed by atoms with Gasteiger partial charge in [-0.2, -0.15) is 0 Å². The Labute approximate surface area is 77.7 Å². The van der Waals surface area contributed by atoms with Crippen LogP contribution in [-0.4, -0.2) is 0 Å². The summed E-state index contributed by atoms with van der Waals surface area (Å²) >= 11 is 0. The average Bonchev–Trinajstić information content (AvgIpc) is 2.36. The van der Waals surface area contributed by atoms with Crippen molar-refractivity contribution in [2.75, 3.05) is 0 Å². The van der Waals surface area contributed by atoms with Crippen molar-refractivity contribution in [1.29, 1.82) is 0 Å². The second kappa shape index (κ2) is 4.30. The maximum atomic E-state index is 2.35. The van der Waals surface area contributed by atoms with Crippen molar-refractivity contribution < 1.29 is 0 Å². The Morgan fingerprint density at radius 3 is 2.17 bits per heavy atom. The lowest BCUT2D eigenvalue weighted by molar-refractivity contribution is 0.339. The van der Waals surface area contributed by atoms with E-state index in [9.17, 15) is 0 Å². The fourth-order valence-electron chi connectivity index (χ4n) is 2.22. The van der Waals surface area contributed by atoms with Crippen molar-refractivity contribution in [1.82, 2.24) is 0 Å². The molecule has 0 unspecified atom stereocenters. The van der Waals surface area contributed by atoms with E-state index < -0.39 is 0 Å². The molecule has 1 fully saturated rings. The van der Waals surface area contributed by atoms with Crippen LogP contribution in [-0.2, 0) is 0 Å². The van der Waals surface area contributed by atoms with Gasteiger partial charge in [0, 0.05) is 0 Å². The second-order valence-corrected chi connectivity index (χ2v) is 5.60. The molecule has 1 aliphatic carbocycles. The van der Waals surface area contributed by atoms with E-state index in [-0.39, 0.29) is 0 Å². The predicted molar refractivity (Wildman–Crippen MR) is 55.3 cm³/mol. The van der Waals surface area contributed by atoms with E-state index >= 15 is 0 Å². The SMILES string of the molecule is CC(C)(C)CCCC1CCCC1. The normalized spacial score (nSPS) is 20.2. The third kappa shape index (κ3) is 4.13. The van der Waals surface area contributed by atoms with Crippen LogP contribution in [0, 0.1) is 11.3 Å². The molecule has 1 saturated carbocycles. The highest BCUT2D eigenvalue weighted by Crippen LogP contribution is 2.31. The molecule has 12 heavy (non-hydrogen) atoms. The van der Waals surface area contributed by atoms with Crippen LogP contribution < -0.4 is 0 Å². The molecule has 0 radical (unpaired) electrons. The molecule has 72 valence electrons. The summed E-state index contributed by atoms with van der Waals surface area (Å²) in [6, 6.07) is 0. The monoisotopic (exact) mass is 168 g/mol. The number of hydrogen-bond donors (Lipinski definition) is 0. The van der Waals surface area contributed by atoms with Crippen LogP contribution in [0.2, 0.25) is 0 Å². The molecular formula is C12H24. The summed E-state index contributed by atoms with van der Waals surface area (Å²) in [5, 5.41) is 0. The van der Waals surface area contributed by atoms with E-state index in [0.717, 1.165) is 5.92 Å². The van der Waals surface area contributed by atoms with Gasteiger partial charge in [0.05, 0.1) is 0 Å². The lowest BCUT2D eigenvalue weighted by Crippen LogP contribution is -2.05. The first kappa shape index (κ1) is 10.1. The molecule has 0 aromatic heterocycles. The molecule has 0 bridgehead atoms. The number of rotatable bonds is 3. The van der Waals surface area contributed by atoms with Gasteiger partial charge in [-0.15, -0.1) is 0 Å². The summed E-state index contributed by atoms with van der Waals surface area (Å²) < 4.78 is 0. The fraction of sp³-hybridized carbons (Fsp3) is 1.00. The number of hydrogen-bond acceptors (Lipinski definition) is 0. The summed E-state index contributed by atoms with van der Waals surface area (Å²) in [6.07, 6.45) is 10.4. The van der Waals surface area contributed by atoms with Crippen LogP contribution in [0.25, 0.3) is 0 Å². The molecule has 1 rings (SSSR count). The Bertz CT molecular complexity index is 112. The van der Waals surface area contributed by atoms with E-state index in [1.807, 2.05) is 0 Å². The van der Waals surface area contributed by atoms with Gasteiger partial charge in [-0.05, 0) is 17.8 Å². The van der Waals surface area contributed by atoms with Gasteiger partial charge in [0.15, 0.2) is 0 Å². The first-order chi connectivity index (χ1) is 5.58. The van der Waals surface area contributed by atoms with Crippen LogP contribution in [0.4, 0.5) is 0 Å². The molecule has 0 atom stereocenters. The summed E-state index contributed by atoms with van der Waals surface area (Å²) in [7, 11) is 0. The first-order valence-electron chi connectivity index (χ1n) is 5.58. The van der Waals surface area contributed by atoms with Crippen LogP contribution in [0.1, 0.15) is 65.7 Å². The van der Waals surface area contributed by atoms with Gasteiger partial charge in [-0.25, -0.2) is 0 Å². The molecular weight excluding hydrogens is 144 g/mol. The zero-order valence-electron chi connectivity index (χ0n) is 9.03. The van der Waals surface area contributed by atoms with Crippen molar-refractivity contribution in [2.45, 2.75) is 65.7 Å². The van der Waals surface area contributed by atoms with Crippen molar-refractivity contribution in [3.63, 3.8) is 0 Å². The molecule has 0 aliphatic heterocycles. The molecule has 0 aromatic carbocycles. The van der Waals surface area contributed by atoms with E-state index in [0.29, 0.717) is 5.41 Å². The highest BCUT2D eigenvalue weighted by Gasteiger charge is 2.16. The lowest BCUT2D eigenvalue weighted by atomic mass is 9.87. The first-order valence-corrected chi connectivity index (χ1v) is 5.58. The third-order valence-corrected chi connectivity index (χ3v) is 3.01. The zero-order valence-corrected chi connectivity index (χ0v) is 9.03. The van der Waals surface area contributed by atoms with Gasteiger partial charge in [0.1, 0.15) is 0 Å². The van der Waals surface area contributed by atoms with Gasteiger partial charge in [0.2, 0.25) is 0 Å². The molecule has 0 heterocycles. The van der Waals surface area contributed by atoms with Crippen LogP contribution in [0.15, 0.2) is 0 Å². The Morgan fingerprint density at radius 2 is 1.67 bits per heavy atom. The van der Waals surface area contributed by atoms with E-state index in [4.69, 9.17) is 0 Å². The summed E-state index contributed by atoms with van der Waals surface area (Å²) in [5.41, 5.74) is 0.554. The highest BCUT2D eigenvalue weighted by molar-refractivity contribution is 4.69. The predicted octanol–water partition coefficient (Wildman–Crippen LogP) is 4.39. The highest BCUT2D eigenvalue weighted by atomic mass is 14.2. The van der Waals surface area contributed by atoms with E-state index in [1.54, 1.807) is 0 Å². The van der Waals surface area contributed by atoms with Gasteiger partial charge in [0.25, 0.3) is 0 Å². The topological polar surface area (TPSA) is 0 Å². The largest absolute Gasteiger partial charge is 0.0602 e. The minimum atomic E-state index is 0.554. The van der Waals surface area contributed by atoms with Gasteiger partial charge in [-0.1, -0.05) is 59.3 Å². The molecule has 0 aromatic rings. The average molecular weight is 168 g/mol. The van der Waals surface area contributed by atoms with Crippen LogP contribution >= 0.6 is 0 Å². The maximum Gasteiger partial charge on any atom is -0.0383 e. The van der Waals surface area contributed by atoms with E-state index in [2.05, 4.69) is 20.8 Å². The smallest absolute Gasteiger partial charge is 0.0383 e. The Balaban J connectivity index is 2.02. The van der Waals surface area contributed by atoms with Gasteiger partial charge in [-0.3, -0.25) is 0 Å². The standard InChI is InChI=1S/C12H24/c1-12(2,3)10-6-9-11-7-4-5-8-11/h11H,4-10H2,1-3H3. The van der Waals surface area contributed by atoms with Crippen LogP contribution in [0.5, 0.6) is 0 Å². The Morgan fingerprint density at radius 1 is 1.08 bits per heavy atom. The summed E-state index contributed by atoms with van der Waals surface area (Å²) in [5.74, 6) is 1.09. The maximum absolute atomic E-state index is 2.35. The van der Waals surface area contributed by atoms with Gasteiger partial charge < -0.3 is 0 Å². The summed E-state index contributed by atoms with van der Waals surface area (Å²) in [4.78, 5) is 0. The van der Waals surface area contributed by atoms with Crippen molar-refractivity contribution >= 4 is 0 Å². The minimum absolute atomic E-state index is 0.554. The van der Waals surface area contributed by atoms with Crippen molar-refractivity contribution in [2.24, 2.45) is 11.3 Å². The van der Waals surface area contributed by atoms with Crippen LogP contribution in [0.3, 0.4) is 0 Å². The molecule has 0 heteroatoms. The second-order valence-electron chi connectivity index (χ2n) is 5.60. The lowest BCUT2D eigenvalue weighted by Gasteiger charge is -2.18. The molecule has 0 saturated heterocycles. The molecule has 0 N–H and O–H groups in total. The van der Waals surface area contributed by atoms with Crippen molar-refractivity contribution in [3.8, 4) is 0 Å². The van der Waals surface area contributed by atoms with Crippen molar-refractivity contribution in [3.05, 3.63) is 0 Å². The fourth-order valence-corrected chi connectivity index (χ4v) is 2.22. The van der Waals surface area contributed by atoms with E-state index in [1.165, 1.54) is 44.9 Å². The molecule has 0 amide bonds. The molecule has 1 aliphatic rings. The summed E-state index contributed by atoms with van der Waals surface area (Å²) in [6.45, 7) is 7.05. The third-order valence-electron chi connectivity index (χ3n) is 3.01. The van der Waals surface area contributed by atoms with Gasteiger partial charge >= 0.3 is 0 Å². The Kier molecular flexibility index (Phi) is 3.61. The molecule has 0 nitrogen and oxygen atoms in total. The quantitative estimate of drug-likeness (QED) is 0.586. The minimum Gasteiger partial charge on any atom is -0.0602 e. The Hall–Kier alpha value is 0. The zero-order chi connectivity index (χ0) is 9.03. The molecule has 0 spiro atoms.